The van der Waals surface area contributed by atoms with Gasteiger partial charge in [-0.25, -0.2) is 0 Å². The van der Waals surface area contributed by atoms with Gasteiger partial charge >= 0.3 is 7.60 Å². The Bertz CT molecular complexity index is 224. The van der Waals surface area contributed by atoms with E-state index in [4.69, 9.17) is 14.8 Å². The highest BCUT2D eigenvalue weighted by molar-refractivity contribution is 7.55. The topological polar surface area (TPSA) is 90.7 Å². The third-order valence-corrected chi connectivity index (χ3v) is 3.63. The summed E-state index contributed by atoms with van der Waals surface area (Å²) in [5, 5.41) is 2.29. The molecule has 0 bridgehead atoms. The zero-order valence-electron chi connectivity index (χ0n) is 8.65. The number of amides is 1. The van der Waals surface area contributed by atoms with E-state index in [1.54, 1.807) is 13.8 Å². The normalized spacial score (nSPS) is 13.7. The second kappa shape index (κ2) is 6.14. The molecule has 0 aliphatic carbocycles. The number of hydrogen-bond donors (Lipinski definition) is 2. The molecule has 84 valence electrons. The Morgan fingerprint density at radius 2 is 1.86 bits per heavy atom. The van der Waals surface area contributed by atoms with E-state index < -0.39 is 19.3 Å². The van der Waals surface area contributed by atoms with E-state index in [9.17, 15) is 9.36 Å². The number of likely N-dealkylation sites (N-methyl/N-ethyl adjacent to an activating group) is 1. The van der Waals surface area contributed by atoms with Gasteiger partial charge in [0.1, 0.15) is 0 Å². The lowest BCUT2D eigenvalue weighted by atomic mass is 10.6. The zero-order valence-corrected chi connectivity index (χ0v) is 9.54. The molecule has 0 heterocycles. The molecule has 14 heavy (non-hydrogen) atoms. The minimum Gasteiger partial charge on any atom is -0.357 e. The van der Waals surface area contributed by atoms with Crippen LogP contribution in [0.15, 0.2) is 0 Å². The molecule has 0 spiro atoms. The highest BCUT2D eigenvalue weighted by atomic mass is 31.2. The van der Waals surface area contributed by atoms with E-state index in [1.807, 2.05) is 0 Å². The summed E-state index contributed by atoms with van der Waals surface area (Å²) in [6.45, 7) is 3.68. The fourth-order valence-electron chi connectivity index (χ4n) is 0.849. The molecule has 0 aliphatic rings. The monoisotopic (exact) mass is 224 g/mol. The lowest BCUT2D eigenvalue weighted by Crippen LogP contribution is -2.39. The molecule has 1 amide bonds. The smallest absolute Gasteiger partial charge is 0.356 e. The molecule has 0 saturated carbocycles. The van der Waals surface area contributed by atoms with Gasteiger partial charge in [0.25, 0.3) is 0 Å². The minimum absolute atomic E-state index is 0.183. The average molecular weight is 224 g/mol. The van der Waals surface area contributed by atoms with E-state index in [-0.39, 0.29) is 13.2 Å². The summed E-state index contributed by atoms with van der Waals surface area (Å²) in [5.41, 5.74) is 5.45. The number of carbonyl (C=O) groups is 1. The molecule has 0 saturated heterocycles. The van der Waals surface area contributed by atoms with Crippen LogP contribution in [0.2, 0.25) is 0 Å². The first kappa shape index (κ1) is 13.6. The lowest BCUT2D eigenvalue weighted by Gasteiger charge is -2.21. The van der Waals surface area contributed by atoms with Crippen molar-refractivity contribution < 1.29 is 18.4 Å². The predicted octanol–water partition coefficient (Wildman–Crippen LogP) is 0.283. The maximum atomic E-state index is 11.9. The molecule has 3 N–H and O–H groups in total. The second-order valence-corrected chi connectivity index (χ2v) is 4.59. The number of nitrogens with two attached hydrogens (primary N) is 1. The zero-order chi connectivity index (χ0) is 11.2. The maximum Gasteiger partial charge on any atom is 0.356 e. The fraction of sp³-hybridized carbons (Fsp3) is 0.857. The van der Waals surface area contributed by atoms with Crippen molar-refractivity contribution in [1.82, 2.24) is 5.32 Å². The van der Waals surface area contributed by atoms with E-state index >= 15 is 0 Å². The highest BCUT2D eigenvalue weighted by Crippen LogP contribution is 2.50. The van der Waals surface area contributed by atoms with Gasteiger partial charge in [-0.1, -0.05) is 0 Å². The molecule has 1 unspecified atom stereocenters. The van der Waals surface area contributed by atoms with E-state index in [2.05, 4.69) is 5.32 Å². The summed E-state index contributed by atoms with van der Waals surface area (Å²) < 4.78 is 21.7. The van der Waals surface area contributed by atoms with Crippen molar-refractivity contribution in [2.24, 2.45) is 5.73 Å². The van der Waals surface area contributed by atoms with E-state index in [0.29, 0.717) is 0 Å². The van der Waals surface area contributed by atoms with E-state index in [0.717, 1.165) is 0 Å². The van der Waals surface area contributed by atoms with Gasteiger partial charge in [-0.2, -0.15) is 0 Å². The predicted molar refractivity (Wildman–Crippen MR) is 52.9 cm³/mol. The van der Waals surface area contributed by atoms with Crippen LogP contribution in [0.4, 0.5) is 0 Å². The number of hydrogen-bond acceptors (Lipinski definition) is 5. The molecule has 1 atom stereocenters. The standard InChI is InChI=1S/C7H17N2O4P/c1-4-12-14(11,13-5-2)6(8)7(10)9-3/h6H,4-5,8H2,1-3H3,(H,9,10). The Labute approximate surface area is 83.7 Å². The molecule has 0 aromatic rings. The van der Waals surface area contributed by atoms with Gasteiger partial charge in [0, 0.05) is 7.05 Å². The Morgan fingerprint density at radius 1 is 1.43 bits per heavy atom. The first-order valence-electron chi connectivity index (χ1n) is 4.37. The Morgan fingerprint density at radius 3 is 2.14 bits per heavy atom. The Hall–Kier alpha value is -0.420. The summed E-state index contributed by atoms with van der Waals surface area (Å²) in [4.78, 5) is 11.1. The molecule has 0 rings (SSSR count). The van der Waals surface area contributed by atoms with Crippen LogP contribution in [0.3, 0.4) is 0 Å². The highest BCUT2D eigenvalue weighted by Gasteiger charge is 2.37. The SMILES string of the molecule is CCOP(=O)(OCC)C(N)C(=O)NC. The van der Waals surface area contributed by atoms with Crippen molar-refractivity contribution in [2.75, 3.05) is 20.3 Å². The van der Waals surface area contributed by atoms with Gasteiger partial charge in [-0.05, 0) is 13.8 Å². The van der Waals surface area contributed by atoms with Gasteiger partial charge in [-0.3, -0.25) is 9.36 Å². The summed E-state index contributed by atoms with van der Waals surface area (Å²) in [6.07, 6.45) is 0. The van der Waals surface area contributed by atoms with Crippen molar-refractivity contribution in [3.63, 3.8) is 0 Å². The van der Waals surface area contributed by atoms with Crippen LogP contribution >= 0.6 is 7.60 Å². The van der Waals surface area contributed by atoms with Crippen molar-refractivity contribution >= 4 is 13.5 Å². The molecule has 0 radical (unpaired) electrons. The molecule has 0 fully saturated rings. The van der Waals surface area contributed by atoms with Crippen molar-refractivity contribution in [3.05, 3.63) is 0 Å². The van der Waals surface area contributed by atoms with Crippen LogP contribution in [0, 0.1) is 0 Å². The van der Waals surface area contributed by atoms with Gasteiger partial charge in [0.15, 0.2) is 5.78 Å². The number of rotatable bonds is 6. The van der Waals surface area contributed by atoms with E-state index in [1.165, 1.54) is 7.05 Å². The summed E-state index contributed by atoms with van der Waals surface area (Å²) in [7, 11) is -2.11. The van der Waals surface area contributed by atoms with Crippen LogP contribution in [-0.2, 0) is 18.4 Å². The van der Waals surface area contributed by atoms with Crippen molar-refractivity contribution in [1.29, 1.82) is 0 Å². The summed E-state index contributed by atoms with van der Waals surface area (Å²) in [5.74, 6) is -1.83. The third-order valence-electron chi connectivity index (χ3n) is 1.47. The number of carbonyl (C=O) groups excluding carboxylic acids is 1. The molecular formula is C7H17N2O4P. The third kappa shape index (κ3) is 3.38. The summed E-state index contributed by atoms with van der Waals surface area (Å²) >= 11 is 0. The van der Waals surface area contributed by atoms with Gasteiger partial charge < -0.3 is 20.1 Å². The largest absolute Gasteiger partial charge is 0.357 e. The molecule has 6 nitrogen and oxygen atoms in total. The maximum absolute atomic E-state index is 11.9. The Balaban J connectivity index is 4.63. The summed E-state index contributed by atoms with van der Waals surface area (Å²) in [6, 6.07) is 0. The van der Waals surface area contributed by atoms with Crippen LogP contribution in [0.1, 0.15) is 13.8 Å². The number of nitrogens with one attached hydrogen (secondary N) is 1. The molecule has 7 heteroatoms. The second-order valence-electron chi connectivity index (χ2n) is 2.43. The molecule has 0 aromatic carbocycles. The molecule has 0 aliphatic heterocycles. The Kier molecular flexibility index (Phi) is 5.95. The van der Waals surface area contributed by atoms with Crippen molar-refractivity contribution in [2.45, 2.75) is 19.6 Å². The van der Waals surface area contributed by atoms with Gasteiger partial charge in [-0.15, -0.1) is 0 Å². The van der Waals surface area contributed by atoms with Crippen LogP contribution in [-0.4, -0.2) is 32.0 Å². The first-order valence-corrected chi connectivity index (χ1v) is 5.99. The lowest BCUT2D eigenvalue weighted by molar-refractivity contribution is -0.120. The van der Waals surface area contributed by atoms with Gasteiger partial charge in [0.05, 0.1) is 13.2 Å². The van der Waals surface area contributed by atoms with Crippen LogP contribution < -0.4 is 11.1 Å². The minimum atomic E-state index is -3.52. The van der Waals surface area contributed by atoms with Crippen LogP contribution in [0.5, 0.6) is 0 Å². The average Bonchev–Trinajstić information content (AvgIpc) is 2.16. The molecular weight excluding hydrogens is 207 g/mol. The quantitative estimate of drug-likeness (QED) is 0.632. The first-order chi connectivity index (χ1) is 6.51. The molecule has 0 aromatic heterocycles. The van der Waals surface area contributed by atoms with Gasteiger partial charge in [0.2, 0.25) is 5.91 Å². The van der Waals surface area contributed by atoms with Crippen molar-refractivity contribution in [3.8, 4) is 0 Å². The fourth-order valence-corrected chi connectivity index (χ4v) is 2.38. The van der Waals surface area contributed by atoms with Crippen LogP contribution in [0.25, 0.3) is 0 Å².